The molecule has 1 aliphatic rings. The van der Waals surface area contributed by atoms with Crippen LogP contribution in [0.1, 0.15) is 32.1 Å². The molecule has 0 bridgehead atoms. The Morgan fingerprint density at radius 1 is 1.32 bits per heavy atom. The van der Waals surface area contributed by atoms with Gasteiger partial charge in [-0.15, -0.1) is 0 Å². The highest BCUT2D eigenvalue weighted by Crippen LogP contribution is 2.38. The minimum atomic E-state index is 0.116. The molecule has 3 aromatic heterocycles. The van der Waals surface area contributed by atoms with Gasteiger partial charge >= 0.3 is 0 Å². The number of H-pyrrole nitrogens is 1. The SMILES string of the molecule is C[C@@H]1C[C@H](C)O[C@@H]1c1cnc2cnc3[nH]ccc3n12. The molecule has 98 valence electrons. The van der Waals surface area contributed by atoms with Gasteiger partial charge in [-0.2, -0.15) is 0 Å². The third-order valence-corrected chi connectivity index (χ3v) is 3.96. The number of nitrogens with zero attached hydrogens (tertiary/aromatic N) is 3. The fourth-order valence-corrected chi connectivity index (χ4v) is 3.14. The fourth-order valence-electron chi connectivity index (χ4n) is 3.14. The van der Waals surface area contributed by atoms with Gasteiger partial charge in [-0.1, -0.05) is 6.92 Å². The van der Waals surface area contributed by atoms with Gasteiger partial charge in [0.05, 0.1) is 29.7 Å². The molecule has 19 heavy (non-hydrogen) atoms. The average Bonchev–Trinajstić information content (AvgIpc) is 3.05. The summed E-state index contributed by atoms with van der Waals surface area (Å²) in [4.78, 5) is 12.0. The van der Waals surface area contributed by atoms with Crippen LogP contribution in [-0.2, 0) is 4.74 Å². The molecule has 0 unspecified atom stereocenters. The second kappa shape index (κ2) is 3.81. The van der Waals surface area contributed by atoms with Gasteiger partial charge in [0.25, 0.3) is 0 Å². The fraction of sp³-hybridized carbons (Fsp3) is 0.429. The van der Waals surface area contributed by atoms with Crippen LogP contribution in [0.25, 0.3) is 16.8 Å². The first kappa shape index (κ1) is 11.0. The Hall–Kier alpha value is -1.88. The topological polar surface area (TPSA) is 55.2 Å². The summed E-state index contributed by atoms with van der Waals surface area (Å²) in [6.45, 7) is 4.37. The van der Waals surface area contributed by atoms with E-state index in [-0.39, 0.29) is 6.10 Å². The average molecular weight is 256 g/mol. The van der Waals surface area contributed by atoms with E-state index >= 15 is 0 Å². The van der Waals surface area contributed by atoms with Crippen LogP contribution in [0.2, 0.25) is 0 Å². The van der Waals surface area contributed by atoms with Gasteiger partial charge < -0.3 is 9.72 Å². The van der Waals surface area contributed by atoms with Gasteiger partial charge in [0, 0.05) is 6.20 Å². The normalized spacial score (nSPS) is 27.6. The molecule has 5 nitrogen and oxygen atoms in total. The number of aromatic amines is 1. The number of rotatable bonds is 1. The molecule has 4 heterocycles. The van der Waals surface area contributed by atoms with E-state index in [4.69, 9.17) is 4.74 Å². The van der Waals surface area contributed by atoms with Crippen molar-refractivity contribution >= 4 is 16.8 Å². The van der Waals surface area contributed by atoms with Gasteiger partial charge in [-0.3, -0.25) is 4.40 Å². The van der Waals surface area contributed by atoms with E-state index in [9.17, 15) is 0 Å². The first-order valence-electron chi connectivity index (χ1n) is 6.69. The lowest BCUT2D eigenvalue weighted by Gasteiger charge is -2.15. The monoisotopic (exact) mass is 256 g/mol. The summed E-state index contributed by atoms with van der Waals surface area (Å²) >= 11 is 0. The molecule has 3 aromatic rings. The van der Waals surface area contributed by atoms with Crippen LogP contribution >= 0.6 is 0 Å². The summed E-state index contributed by atoms with van der Waals surface area (Å²) < 4.78 is 8.21. The molecule has 3 atom stereocenters. The standard InChI is InChI=1S/C14H16N4O/c1-8-5-9(2)19-13(8)11-6-16-12-7-17-14-10(18(11)12)3-4-15-14/h3-4,6-9,13,15H,5H2,1-2H3/t8-,9+,13+/m1/s1. The summed E-state index contributed by atoms with van der Waals surface area (Å²) in [6, 6.07) is 2.03. The summed E-state index contributed by atoms with van der Waals surface area (Å²) in [5.41, 5.74) is 3.93. The second-order valence-electron chi connectivity index (χ2n) is 5.43. The lowest BCUT2D eigenvalue weighted by Crippen LogP contribution is -2.08. The minimum absolute atomic E-state index is 0.116. The Morgan fingerprint density at radius 3 is 3.00 bits per heavy atom. The lowest BCUT2D eigenvalue weighted by atomic mass is 10.0. The Kier molecular flexibility index (Phi) is 2.20. The Balaban J connectivity index is 1.97. The van der Waals surface area contributed by atoms with Crippen LogP contribution in [0, 0.1) is 5.92 Å². The number of nitrogens with one attached hydrogen (secondary N) is 1. The Labute approximate surface area is 110 Å². The molecule has 0 aromatic carbocycles. The number of imidazole rings is 1. The van der Waals surface area contributed by atoms with Crippen LogP contribution in [-0.4, -0.2) is 25.5 Å². The first-order valence-corrected chi connectivity index (χ1v) is 6.69. The van der Waals surface area contributed by atoms with Gasteiger partial charge in [0.15, 0.2) is 11.3 Å². The third kappa shape index (κ3) is 1.51. The predicted octanol–water partition coefficient (Wildman–Crippen LogP) is 2.70. The molecular weight excluding hydrogens is 240 g/mol. The summed E-state index contributed by atoms with van der Waals surface area (Å²) in [7, 11) is 0. The van der Waals surface area contributed by atoms with Crippen molar-refractivity contribution in [3.8, 4) is 0 Å². The zero-order chi connectivity index (χ0) is 13.0. The van der Waals surface area contributed by atoms with Gasteiger partial charge in [0.1, 0.15) is 6.10 Å². The first-order chi connectivity index (χ1) is 9.24. The highest BCUT2D eigenvalue weighted by molar-refractivity contribution is 5.74. The zero-order valence-electron chi connectivity index (χ0n) is 11.0. The van der Waals surface area contributed by atoms with Gasteiger partial charge in [-0.25, -0.2) is 9.97 Å². The van der Waals surface area contributed by atoms with Crippen LogP contribution in [0.3, 0.4) is 0 Å². The van der Waals surface area contributed by atoms with E-state index in [1.54, 1.807) is 6.20 Å². The van der Waals surface area contributed by atoms with E-state index in [0.717, 1.165) is 28.9 Å². The van der Waals surface area contributed by atoms with E-state index in [0.29, 0.717) is 12.0 Å². The molecule has 1 fully saturated rings. The molecule has 5 heteroatoms. The predicted molar refractivity (Wildman–Crippen MR) is 71.9 cm³/mol. The molecule has 4 rings (SSSR count). The highest BCUT2D eigenvalue weighted by atomic mass is 16.5. The maximum Gasteiger partial charge on any atom is 0.156 e. The van der Waals surface area contributed by atoms with E-state index < -0.39 is 0 Å². The number of hydrogen-bond donors (Lipinski definition) is 1. The van der Waals surface area contributed by atoms with Gasteiger partial charge in [0.2, 0.25) is 0 Å². The van der Waals surface area contributed by atoms with Crippen molar-refractivity contribution in [2.75, 3.05) is 0 Å². The Morgan fingerprint density at radius 2 is 2.21 bits per heavy atom. The molecule has 1 saturated heterocycles. The van der Waals surface area contributed by atoms with Crippen molar-refractivity contribution < 1.29 is 4.74 Å². The summed E-state index contributed by atoms with van der Waals surface area (Å²) in [5.74, 6) is 0.511. The van der Waals surface area contributed by atoms with Crippen molar-refractivity contribution in [3.63, 3.8) is 0 Å². The van der Waals surface area contributed by atoms with E-state index in [2.05, 4.69) is 33.2 Å². The molecule has 1 N–H and O–H groups in total. The van der Waals surface area contributed by atoms with Crippen LogP contribution in [0.5, 0.6) is 0 Å². The van der Waals surface area contributed by atoms with Gasteiger partial charge in [-0.05, 0) is 25.3 Å². The quantitative estimate of drug-likeness (QED) is 0.728. The number of fused-ring (bicyclic) bond motifs is 3. The number of aromatic nitrogens is 4. The van der Waals surface area contributed by atoms with Crippen LogP contribution < -0.4 is 0 Å². The molecule has 0 amide bonds. The summed E-state index contributed by atoms with van der Waals surface area (Å²) in [5, 5.41) is 0. The van der Waals surface area contributed by atoms with Crippen molar-refractivity contribution in [3.05, 3.63) is 30.4 Å². The zero-order valence-corrected chi connectivity index (χ0v) is 11.0. The number of hydrogen-bond acceptors (Lipinski definition) is 3. The van der Waals surface area contributed by atoms with E-state index in [1.807, 2.05) is 18.5 Å². The van der Waals surface area contributed by atoms with Crippen LogP contribution in [0.15, 0.2) is 24.7 Å². The maximum absolute atomic E-state index is 6.06. The minimum Gasteiger partial charge on any atom is -0.369 e. The lowest BCUT2D eigenvalue weighted by molar-refractivity contribution is 0.0422. The van der Waals surface area contributed by atoms with Crippen molar-refractivity contribution in [1.29, 1.82) is 0 Å². The molecule has 0 radical (unpaired) electrons. The van der Waals surface area contributed by atoms with E-state index in [1.165, 1.54) is 0 Å². The molecule has 0 saturated carbocycles. The van der Waals surface area contributed by atoms with Crippen molar-refractivity contribution in [1.82, 2.24) is 19.4 Å². The van der Waals surface area contributed by atoms with Crippen LogP contribution in [0.4, 0.5) is 0 Å². The highest BCUT2D eigenvalue weighted by Gasteiger charge is 2.33. The second-order valence-corrected chi connectivity index (χ2v) is 5.43. The third-order valence-electron chi connectivity index (χ3n) is 3.96. The van der Waals surface area contributed by atoms with Crippen molar-refractivity contribution in [2.24, 2.45) is 5.92 Å². The Bertz CT molecular complexity index is 744. The van der Waals surface area contributed by atoms with Crippen molar-refractivity contribution in [2.45, 2.75) is 32.5 Å². The summed E-state index contributed by atoms with van der Waals surface area (Å²) in [6.07, 6.45) is 7.15. The molecule has 0 spiro atoms. The number of ether oxygens (including phenoxy) is 1. The molecular formula is C14H16N4O. The smallest absolute Gasteiger partial charge is 0.156 e. The maximum atomic E-state index is 6.06. The molecule has 0 aliphatic carbocycles. The molecule has 1 aliphatic heterocycles. The largest absolute Gasteiger partial charge is 0.369 e.